The van der Waals surface area contributed by atoms with Gasteiger partial charge in [0.2, 0.25) is 0 Å². The fraction of sp³-hybridized carbons (Fsp3) is 0.391. The van der Waals surface area contributed by atoms with E-state index in [0.29, 0.717) is 5.75 Å². The van der Waals surface area contributed by atoms with Crippen LogP contribution in [0.2, 0.25) is 0 Å². The maximum Gasteiger partial charge on any atom is 0.336 e. The Hall–Kier alpha value is -2.64. The Balaban J connectivity index is 2.01. The average molecular weight is 433 g/mol. The number of allylic oxidation sites excluding steroid dienone is 2. The third-order valence-corrected chi connectivity index (χ3v) is 6.45. The van der Waals surface area contributed by atoms with Crippen LogP contribution in [0.1, 0.15) is 76.9 Å². The molecule has 0 aliphatic heterocycles. The van der Waals surface area contributed by atoms with Crippen LogP contribution in [0.3, 0.4) is 0 Å². The number of thiophene rings is 1. The van der Waals surface area contributed by atoms with Crippen LogP contribution in [0.15, 0.2) is 36.4 Å². The van der Waals surface area contributed by atoms with E-state index >= 15 is 0 Å². The number of aliphatic hydroxyl groups is 1. The highest BCUT2D eigenvalue weighted by Crippen LogP contribution is 2.28. The number of benzene rings is 1. The van der Waals surface area contributed by atoms with Crippen molar-refractivity contribution in [3.63, 3.8) is 0 Å². The molecular formula is C23H28O6S. The number of aromatic carboxylic acids is 2. The fourth-order valence-electron chi connectivity index (χ4n) is 3.06. The molecule has 2 aromatic rings. The van der Waals surface area contributed by atoms with Crippen molar-refractivity contribution < 1.29 is 29.6 Å². The molecule has 1 heterocycles. The molecule has 0 spiro atoms. The lowest BCUT2D eigenvalue weighted by Gasteiger charge is -2.24. The smallest absolute Gasteiger partial charge is 0.336 e. The molecule has 1 aromatic heterocycles. The van der Waals surface area contributed by atoms with Crippen molar-refractivity contribution in [3.8, 4) is 5.75 Å². The molecular weight excluding hydrogens is 404 g/mol. The first kappa shape index (κ1) is 23.6. The Morgan fingerprint density at radius 2 is 1.73 bits per heavy atom. The zero-order valence-electron chi connectivity index (χ0n) is 17.5. The van der Waals surface area contributed by atoms with E-state index in [9.17, 15) is 19.8 Å². The molecule has 0 saturated heterocycles. The molecule has 3 N–H and O–H groups in total. The Labute approximate surface area is 180 Å². The molecule has 7 heteroatoms. The number of rotatable bonds is 11. The van der Waals surface area contributed by atoms with Gasteiger partial charge in [-0.2, -0.15) is 0 Å². The van der Waals surface area contributed by atoms with Gasteiger partial charge in [-0.15, -0.1) is 11.3 Å². The molecule has 6 nitrogen and oxygen atoms in total. The minimum atomic E-state index is -1.31. The summed E-state index contributed by atoms with van der Waals surface area (Å²) in [6, 6.07) is 7.89. The number of carboxylic acid groups (broad SMARTS) is 2. The second-order valence-corrected chi connectivity index (χ2v) is 8.40. The van der Waals surface area contributed by atoms with Crippen LogP contribution < -0.4 is 4.74 Å². The summed E-state index contributed by atoms with van der Waals surface area (Å²) < 4.78 is 5.67. The maximum atomic E-state index is 11.3. The maximum absolute atomic E-state index is 11.3. The Morgan fingerprint density at radius 1 is 1.07 bits per heavy atom. The Bertz CT molecular complexity index is 924. The van der Waals surface area contributed by atoms with E-state index in [1.807, 2.05) is 32.9 Å². The first-order chi connectivity index (χ1) is 14.2. The molecule has 30 heavy (non-hydrogen) atoms. The third kappa shape index (κ3) is 6.18. The van der Waals surface area contributed by atoms with Gasteiger partial charge in [0.25, 0.3) is 0 Å². The summed E-state index contributed by atoms with van der Waals surface area (Å²) in [5.74, 6) is -2.30. The molecule has 0 atom stereocenters. The van der Waals surface area contributed by atoms with E-state index < -0.39 is 17.5 Å². The van der Waals surface area contributed by atoms with E-state index in [1.54, 1.807) is 11.3 Å². The van der Waals surface area contributed by atoms with Crippen molar-refractivity contribution in [1.29, 1.82) is 0 Å². The third-order valence-electron chi connectivity index (χ3n) is 5.26. The SMILES string of the molecule is CCC(O)(CC)CC/C=C(\C)c1ccc(COc2ccc(C(=O)O)c(C(=O)O)c2)s1. The van der Waals surface area contributed by atoms with Gasteiger partial charge in [-0.1, -0.05) is 19.9 Å². The average Bonchev–Trinajstić information content (AvgIpc) is 3.20. The van der Waals surface area contributed by atoms with Crippen molar-refractivity contribution >= 4 is 28.8 Å². The van der Waals surface area contributed by atoms with Gasteiger partial charge < -0.3 is 20.1 Å². The number of carboxylic acids is 2. The fourth-order valence-corrected chi connectivity index (χ4v) is 3.98. The molecule has 0 fully saturated rings. The van der Waals surface area contributed by atoms with Crippen molar-refractivity contribution in [1.82, 2.24) is 0 Å². The molecule has 1 aromatic carbocycles. The summed E-state index contributed by atoms with van der Waals surface area (Å²) in [6.45, 7) is 6.30. The lowest BCUT2D eigenvalue weighted by Crippen LogP contribution is -2.25. The van der Waals surface area contributed by atoms with Gasteiger partial charge in [0.1, 0.15) is 12.4 Å². The second kappa shape index (κ2) is 10.4. The summed E-state index contributed by atoms with van der Waals surface area (Å²) in [5.41, 5.74) is -0.0347. The zero-order chi connectivity index (χ0) is 22.3. The van der Waals surface area contributed by atoms with Crippen molar-refractivity contribution in [2.75, 3.05) is 0 Å². The molecule has 0 saturated carbocycles. The summed E-state index contributed by atoms with van der Waals surface area (Å²) in [4.78, 5) is 24.5. The highest BCUT2D eigenvalue weighted by molar-refractivity contribution is 7.13. The topological polar surface area (TPSA) is 104 Å². The van der Waals surface area contributed by atoms with Gasteiger partial charge in [0, 0.05) is 9.75 Å². The van der Waals surface area contributed by atoms with Gasteiger partial charge in [-0.05, 0) is 68.5 Å². The van der Waals surface area contributed by atoms with Gasteiger partial charge >= 0.3 is 11.9 Å². The summed E-state index contributed by atoms with van der Waals surface area (Å²) in [5, 5.41) is 28.7. The van der Waals surface area contributed by atoms with Gasteiger partial charge in [-0.25, -0.2) is 9.59 Å². The summed E-state index contributed by atoms with van der Waals surface area (Å²) >= 11 is 1.58. The lowest BCUT2D eigenvalue weighted by molar-refractivity contribution is 0.0246. The normalized spacial score (nSPS) is 12.1. The summed E-state index contributed by atoms with van der Waals surface area (Å²) in [6.07, 6.45) is 5.16. The van der Waals surface area contributed by atoms with Crippen LogP contribution in [0.25, 0.3) is 5.57 Å². The minimum Gasteiger partial charge on any atom is -0.488 e. The first-order valence-corrected chi connectivity index (χ1v) is 10.7. The lowest BCUT2D eigenvalue weighted by atomic mass is 9.91. The van der Waals surface area contributed by atoms with E-state index in [0.717, 1.165) is 41.0 Å². The van der Waals surface area contributed by atoms with Crippen LogP contribution in [-0.2, 0) is 6.61 Å². The van der Waals surface area contributed by atoms with E-state index in [4.69, 9.17) is 9.84 Å². The molecule has 0 amide bonds. The molecule has 0 aliphatic carbocycles. The first-order valence-electron chi connectivity index (χ1n) is 9.90. The van der Waals surface area contributed by atoms with Crippen molar-refractivity contribution in [3.05, 3.63) is 57.3 Å². The quantitative estimate of drug-likeness (QED) is 0.436. The Kier molecular flexibility index (Phi) is 8.20. The standard InChI is InChI=1S/C23H28O6S/c1-4-23(28,5-2)12-6-7-15(3)20-11-9-17(30-20)14-29-16-8-10-18(21(24)25)19(13-16)22(26)27/h7-11,13,28H,4-6,12,14H2,1-3H3,(H,24,25)(H,26,27)/b15-7+. The van der Waals surface area contributed by atoms with Crippen LogP contribution in [0.5, 0.6) is 5.75 Å². The predicted octanol–water partition coefficient (Wildman–Crippen LogP) is 5.46. The molecule has 0 aliphatic rings. The molecule has 0 radical (unpaired) electrons. The van der Waals surface area contributed by atoms with E-state index in [2.05, 4.69) is 6.08 Å². The van der Waals surface area contributed by atoms with Crippen LogP contribution in [0.4, 0.5) is 0 Å². The number of hydrogen-bond donors (Lipinski definition) is 3. The highest BCUT2D eigenvalue weighted by atomic mass is 32.1. The number of hydrogen-bond acceptors (Lipinski definition) is 5. The van der Waals surface area contributed by atoms with E-state index in [1.165, 1.54) is 18.2 Å². The van der Waals surface area contributed by atoms with Gasteiger partial charge in [0.15, 0.2) is 0 Å². The van der Waals surface area contributed by atoms with Gasteiger partial charge in [0.05, 0.1) is 16.7 Å². The number of ether oxygens (including phenoxy) is 1. The van der Waals surface area contributed by atoms with E-state index in [-0.39, 0.29) is 17.7 Å². The van der Waals surface area contributed by atoms with Crippen LogP contribution >= 0.6 is 11.3 Å². The zero-order valence-corrected chi connectivity index (χ0v) is 18.3. The second-order valence-electron chi connectivity index (χ2n) is 7.23. The highest BCUT2D eigenvalue weighted by Gasteiger charge is 2.20. The summed E-state index contributed by atoms with van der Waals surface area (Å²) in [7, 11) is 0. The van der Waals surface area contributed by atoms with Crippen LogP contribution in [0, 0.1) is 0 Å². The molecule has 162 valence electrons. The largest absolute Gasteiger partial charge is 0.488 e. The number of carbonyl (C=O) groups is 2. The van der Waals surface area contributed by atoms with Crippen LogP contribution in [-0.4, -0.2) is 32.9 Å². The molecule has 0 bridgehead atoms. The van der Waals surface area contributed by atoms with Crippen molar-refractivity contribution in [2.24, 2.45) is 0 Å². The van der Waals surface area contributed by atoms with Gasteiger partial charge in [-0.3, -0.25) is 0 Å². The monoisotopic (exact) mass is 432 g/mol. The molecule has 2 rings (SSSR count). The minimum absolute atomic E-state index is 0.259. The Morgan fingerprint density at radius 3 is 2.33 bits per heavy atom. The molecule has 0 unspecified atom stereocenters. The van der Waals surface area contributed by atoms with Crippen molar-refractivity contribution in [2.45, 2.75) is 58.7 Å². The predicted molar refractivity (Wildman–Crippen MR) is 117 cm³/mol.